The van der Waals surface area contributed by atoms with E-state index in [1.54, 1.807) is 12.1 Å². The molecule has 0 heterocycles. The van der Waals surface area contributed by atoms with Crippen LogP contribution in [0.25, 0.3) is 0 Å². The van der Waals surface area contributed by atoms with Crippen LogP contribution in [0.4, 0.5) is 8.78 Å². The van der Waals surface area contributed by atoms with Crippen LogP contribution in [0.5, 0.6) is 0 Å². The molecule has 0 bridgehead atoms. The van der Waals surface area contributed by atoms with Gasteiger partial charge in [0.05, 0.1) is 12.2 Å². The smallest absolute Gasteiger partial charge is 0.377 e. The second-order valence-electron chi connectivity index (χ2n) is 5.93. The summed E-state index contributed by atoms with van der Waals surface area (Å²) in [5.41, 5.74) is 1.08. The summed E-state index contributed by atoms with van der Waals surface area (Å²) >= 11 is 0. The number of hydrogen-bond donors (Lipinski definition) is 2. The van der Waals surface area contributed by atoms with E-state index in [-0.39, 0.29) is 31.1 Å². The Morgan fingerprint density at radius 3 is 2.54 bits per heavy atom. The first-order valence-electron chi connectivity index (χ1n) is 7.95. The molecule has 2 atom stereocenters. The van der Waals surface area contributed by atoms with Gasteiger partial charge in [0.25, 0.3) is 0 Å². The van der Waals surface area contributed by atoms with Crippen LogP contribution in [0.1, 0.15) is 42.1 Å². The van der Waals surface area contributed by atoms with Crippen molar-refractivity contribution in [2.45, 2.75) is 44.7 Å². The zero-order chi connectivity index (χ0) is 17.7. The van der Waals surface area contributed by atoms with Gasteiger partial charge < -0.3 is 15.2 Å². The molecule has 0 aliphatic heterocycles. The number of halogens is 2. The minimum Gasteiger partial charge on any atom is -0.478 e. The Bertz CT molecular complexity index is 589. The number of alkyl halides is 2. The predicted octanol–water partition coefficient (Wildman–Crippen LogP) is 2.84. The molecule has 132 valence electrons. The van der Waals surface area contributed by atoms with Crippen LogP contribution in [-0.4, -0.2) is 35.6 Å². The first kappa shape index (κ1) is 18.3. The summed E-state index contributed by atoms with van der Waals surface area (Å²) in [5, 5.41) is 12.0. The largest absolute Gasteiger partial charge is 0.478 e. The lowest BCUT2D eigenvalue weighted by molar-refractivity contribution is -0.179. The Balaban J connectivity index is 1.85. The van der Waals surface area contributed by atoms with Gasteiger partial charge in [-0.3, -0.25) is 0 Å². The van der Waals surface area contributed by atoms with E-state index in [1.807, 2.05) is 0 Å². The van der Waals surface area contributed by atoms with Crippen LogP contribution in [0.2, 0.25) is 0 Å². The number of carbonyl (C=O) groups is 2. The summed E-state index contributed by atoms with van der Waals surface area (Å²) in [6.45, 7) is 1.90. The number of hydrogen-bond acceptors (Lipinski definition) is 4. The number of aromatic carboxylic acids is 1. The molecule has 24 heavy (non-hydrogen) atoms. The molecule has 1 aromatic carbocycles. The molecule has 0 radical (unpaired) electrons. The number of esters is 1. The van der Waals surface area contributed by atoms with Crippen molar-refractivity contribution in [2.24, 2.45) is 5.92 Å². The Hall–Kier alpha value is -2.02. The van der Waals surface area contributed by atoms with Gasteiger partial charge in [0.1, 0.15) is 0 Å². The molecule has 1 aliphatic carbocycles. The number of ether oxygens (including phenoxy) is 1. The predicted molar refractivity (Wildman–Crippen MR) is 83.0 cm³/mol. The van der Waals surface area contributed by atoms with Crippen molar-refractivity contribution in [1.29, 1.82) is 0 Å². The minimum absolute atomic E-state index is 0.0604. The third kappa shape index (κ3) is 4.29. The molecule has 2 N–H and O–H groups in total. The molecule has 0 spiro atoms. The number of benzene rings is 1. The van der Waals surface area contributed by atoms with Crippen molar-refractivity contribution in [3.8, 4) is 0 Å². The number of nitrogens with one attached hydrogen (secondary N) is 1. The lowest BCUT2D eigenvalue weighted by Gasteiger charge is -2.21. The van der Waals surface area contributed by atoms with Gasteiger partial charge in [-0.1, -0.05) is 12.1 Å². The first-order chi connectivity index (χ1) is 11.3. The van der Waals surface area contributed by atoms with E-state index in [2.05, 4.69) is 10.1 Å². The molecular formula is C17H21F2NO4. The van der Waals surface area contributed by atoms with Crippen molar-refractivity contribution in [3.63, 3.8) is 0 Å². The number of carbonyl (C=O) groups excluding carboxylic acids is 1. The molecule has 1 aliphatic rings. The van der Waals surface area contributed by atoms with E-state index in [9.17, 15) is 18.4 Å². The van der Waals surface area contributed by atoms with E-state index < -0.39 is 23.8 Å². The Morgan fingerprint density at radius 1 is 1.29 bits per heavy atom. The summed E-state index contributed by atoms with van der Waals surface area (Å²) in [6.07, 6.45) is 1.04. The maximum Gasteiger partial charge on any atom is 0.377 e. The van der Waals surface area contributed by atoms with Gasteiger partial charge in [-0.15, -0.1) is 0 Å². The Labute approximate surface area is 139 Å². The van der Waals surface area contributed by atoms with Crippen LogP contribution in [0.3, 0.4) is 0 Å². The van der Waals surface area contributed by atoms with Crippen molar-refractivity contribution in [2.75, 3.05) is 6.61 Å². The maximum absolute atomic E-state index is 14.0. The minimum atomic E-state index is -3.45. The summed E-state index contributed by atoms with van der Waals surface area (Å²) in [7, 11) is 0. The molecular weight excluding hydrogens is 320 g/mol. The van der Waals surface area contributed by atoms with Gasteiger partial charge in [-0.05, 0) is 43.9 Å². The van der Waals surface area contributed by atoms with Gasteiger partial charge in [0.2, 0.25) is 0 Å². The van der Waals surface area contributed by atoms with Crippen LogP contribution < -0.4 is 5.32 Å². The lowest BCUT2D eigenvalue weighted by Crippen LogP contribution is -2.38. The third-order valence-electron chi connectivity index (χ3n) is 4.29. The van der Waals surface area contributed by atoms with Gasteiger partial charge >= 0.3 is 17.9 Å². The van der Waals surface area contributed by atoms with Crippen LogP contribution >= 0.6 is 0 Å². The molecule has 0 amide bonds. The molecule has 2 unspecified atom stereocenters. The fourth-order valence-electron chi connectivity index (χ4n) is 2.92. The third-order valence-corrected chi connectivity index (χ3v) is 4.29. The molecule has 0 aromatic heterocycles. The van der Waals surface area contributed by atoms with Gasteiger partial charge in [0.15, 0.2) is 0 Å². The van der Waals surface area contributed by atoms with Crippen LogP contribution in [0.15, 0.2) is 24.3 Å². The molecule has 1 fully saturated rings. The number of carboxylic acid groups (broad SMARTS) is 1. The first-order valence-corrected chi connectivity index (χ1v) is 7.95. The topological polar surface area (TPSA) is 75.6 Å². The average Bonchev–Trinajstić information content (AvgIpc) is 3.03. The molecule has 0 saturated heterocycles. The summed E-state index contributed by atoms with van der Waals surface area (Å²) < 4.78 is 32.5. The second-order valence-corrected chi connectivity index (χ2v) is 5.93. The van der Waals surface area contributed by atoms with Gasteiger partial charge in [-0.2, -0.15) is 8.78 Å². The zero-order valence-electron chi connectivity index (χ0n) is 13.4. The van der Waals surface area contributed by atoms with Crippen molar-refractivity contribution >= 4 is 11.9 Å². The highest BCUT2D eigenvalue weighted by Crippen LogP contribution is 2.39. The van der Waals surface area contributed by atoms with Gasteiger partial charge in [-0.25, -0.2) is 9.59 Å². The molecule has 1 saturated carbocycles. The number of rotatable bonds is 7. The molecule has 2 rings (SSSR count). The zero-order valence-corrected chi connectivity index (χ0v) is 13.4. The normalized spacial score (nSPS) is 20.8. The summed E-state index contributed by atoms with van der Waals surface area (Å²) in [5.74, 6) is -6.90. The van der Waals surface area contributed by atoms with E-state index in [0.717, 1.165) is 5.56 Å². The monoisotopic (exact) mass is 341 g/mol. The van der Waals surface area contributed by atoms with E-state index >= 15 is 0 Å². The summed E-state index contributed by atoms with van der Waals surface area (Å²) in [6, 6.07) is 6.29. The van der Waals surface area contributed by atoms with E-state index in [4.69, 9.17) is 5.11 Å². The summed E-state index contributed by atoms with van der Waals surface area (Å²) in [4.78, 5) is 22.2. The fraction of sp³-hybridized carbons (Fsp3) is 0.529. The molecule has 5 nitrogen and oxygen atoms in total. The van der Waals surface area contributed by atoms with Gasteiger partial charge in [0, 0.05) is 18.5 Å². The van der Waals surface area contributed by atoms with Crippen molar-refractivity contribution in [3.05, 3.63) is 35.4 Å². The van der Waals surface area contributed by atoms with E-state index in [1.165, 1.54) is 19.1 Å². The highest BCUT2D eigenvalue weighted by atomic mass is 19.3. The fourth-order valence-corrected chi connectivity index (χ4v) is 2.92. The van der Waals surface area contributed by atoms with E-state index in [0.29, 0.717) is 13.0 Å². The maximum atomic E-state index is 14.0. The quantitative estimate of drug-likeness (QED) is 0.746. The standard InChI is InChI=1S/C17H21F2NO4/c1-2-24-16(23)17(18,19)13-7-8-14(9-13)20-10-11-3-5-12(6-4-11)15(21)22/h3-6,13-14,20H,2,7-10H2,1H3,(H,21,22). The highest BCUT2D eigenvalue weighted by molar-refractivity contribution is 5.87. The lowest BCUT2D eigenvalue weighted by atomic mass is 9.99. The Kier molecular flexibility index (Phi) is 5.88. The SMILES string of the molecule is CCOC(=O)C(F)(F)C1CCC(NCc2ccc(C(=O)O)cc2)C1. The van der Waals surface area contributed by atoms with Crippen LogP contribution in [-0.2, 0) is 16.1 Å². The molecule has 1 aromatic rings. The van der Waals surface area contributed by atoms with Crippen molar-refractivity contribution in [1.82, 2.24) is 5.32 Å². The highest BCUT2D eigenvalue weighted by Gasteiger charge is 2.51. The average molecular weight is 341 g/mol. The second kappa shape index (κ2) is 7.70. The van der Waals surface area contributed by atoms with Crippen LogP contribution in [0, 0.1) is 5.92 Å². The van der Waals surface area contributed by atoms with Crippen molar-refractivity contribution < 1.29 is 28.2 Å². The number of carboxylic acids is 1. The Morgan fingerprint density at radius 2 is 1.96 bits per heavy atom. The molecule has 7 heteroatoms.